The minimum absolute atomic E-state index is 0.0634. The molecular formula is C19H21NO5S. The molecule has 0 radical (unpaired) electrons. The fourth-order valence-corrected chi connectivity index (χ4v) is 3.80. The van der Waals surface area contributed by atoms with Crippen molar-refractivity contribution in [3.8, 4) is 0 Å². The Morgan fingerprint density at radius 2 is 1.65 bits per heavy atom. The number of hydrogen-bond donors (Lipinski definition) is 2. The highest BCUT2D eigenvalue weighted by atomic mass is 32.2. The van der Waals surface area contributed by atoms with Crippen LogP contribution in [0.15, 0.2) is 47.4 Å². The standard InChI is InChI=1S/C19H21NO5S/c1-12-8-13(2)10-15(9-12)18(19(22)23)20-17(21)11-14-6-4-5-7-16(14)26(3,24)25/h4-10,18H,11H2,1-3H3,(H,20,21)(H,22,23). The Morgan fingerprint density at radius 3 is 2.19 bits per heavy atom. The number of aliphatic carboxylic acids is 1. The number of aryl methyl sites for hydroxylation is 2. The minimum atomic E-state index is -3.48. The number of nitrogens with one attached hydrogen (secondary N) is 1. The van der Waals surface area contributed by atoms with Gasteiger partial charge >= 0.3 is 5.97 Å². The molecule has 26 heavy (non-hydrogen) atoms. The van der Waals surface area contributed by atoms with Crippen molar-refractivity contribution in [2.24, 2.45) is 0 Å². The van der Waals surface area contributed by atoms with Gasteiger partial charge in [0.2, 0.25) is 5.91 Å². The molecule has 1 amide bonds. The number of carboxylic acid groups (broad SMARTS) is 1. The number of carboxylic acids is 1. The van der Waals surface area contributed by atoms with E-state index in [1.165, 1.54) is 6.07 Å². The van der Waals surface area contributed by atoms with Crippen molar-refractivity contribution in [3.05, 3.63) is 64.7 Å². The van der Waals surface area contributed by atoms with Crippen LogP contribution in [0.5, 0.6) is 0 Å². The van der Waals surface area contributed by atoms with Gasteiger partial charge in [-0.25, -0.2) is 13.2 Å². The van der Waals surface area contributed by atoms with Gasteiger partial charge in [-0.15, -0.1) is 0 Å². The molecule has 0 aromatic heterocycles. The highest BCUT2D eigenvalue weighted by molar-refractivity contribution is 7.90. The van der Waals surface area contributed by atoms with Gasteiger partial charge < -0.3 is 10.4 Å². The van der Waals surface area contributed by atoms with E-state index in [0.717, 1.165) is 17.4 Å². The van der Waals surface area contributed by atoms with Crippen LogP contribution in [-0.4, -0.2) is 31.7 Å². The van der Waals surface area contributed by atoms with E-state index in [-0.39, 0.29) is 11.3 Å². The van der Waals surface area contributed by atoms with Gasteiger partial charge in [-0.3, -0.25) is 4.79 Å². The number of rotatable bonds is 6. The predicted octanol–water partition coefficient (Wildman–Crippen LogP) is 2.19. The molecule has 0 aliphatic heterocycles. The summed E-state index contributed by atoms with van der Waals surface area (Å²) in [6.45, 7) is 3.69. The third-order valence-corrected chi connectivity index (χ3v) is 5.05. The van der Waals surface area contributed by atoms with Gasteiger partial charge in [0, 0.05) is 6.26 Å². The number of sulfone groups is 1. The molecule has 0 heterocycles. The predicted molar refractivity (Wildman–Crippen MR) is 97.7 cm³/mol. The Labute approximate surface area is 152 Å². The largest absolute Gasteiger partial charge is 0.479 e. The quantitative estimate of drug-likeness (QED) is 0.806. The minimum Gasteiger partial charge on any atom is -0.479 e. The van der Waals surface area contributed by atoms with Crippen molar-refractivity contribution in [1.82, 2.24) is 5.32 Å². The van der Waals surface area contributed by atoms with Gasteiger partial charge in [0.15, 0.2) is 15.9 Å². The first-order valence-corrected chi connectivity index (χ1v) is 9.85. The molecule has 1 atom stereocenters. The maximum atomic E-state index is 12.4. The Bertz CT molecular complexity index is 930. The third-order valence-electron chi connectivity index (χ3n) is 3.85. The molecular weight excluding hydrogens is 354 g/mol. The van der Waals surface area contributed by atoms with Crippen LogP contribution < -0.4 is 5.32 Å². The molecule has 7 heteroatoms. The lowest BCUT2D eigenvalue weighted by Gasteiger charge is -2.17. The van der Waals surface area contributed by atoms with Crippen LogP contribution in [0.2, 0.25) is 0 Å². The average molecular weight is 375 g/mol. The van der Waals surface area contributed by atoms with E-state index in [0.29, 0.717) is 11.1 Å². The van der Waals surface area contributed by atoms with Crippen molar-refractivity contribution in [3.63, 3.8) is 0 Å². The second-order valence-electron chi connectivity index (χ2n) is 6.32. The first-order valence-electron chi connectivity index (χ1n) is 7.96. The topological polar surface area (TPSA) is 101 Å². The maximum absolute atomic E-state index is 12.4. The van der Waals surface area contributed by atoms with Crippen LogP contribution in [0, 0.1) is 13.8 Å². The van der Waals surface area contributed by atoms with E-state index in [1.807, 2.05) is 19.9 Å². The number of carbonyl (C=O) groups excluding carboxylic acids is 1. The normalized spacial score (nSPS) is 12.4. The van der Waals surface area contributed by atoms with Crippen LogP contribution in [0.3, 0.4) is 0 Å². The highest BCUT2D eigenvalue weighted by Gasteiger charge is 2.23. The molecule has 0 spiro atoms. The van der Waals surface area contributed by atoms with E-state index in [4.69, 9.17) is 0 Å². The Hall–Kier alpha value is -2.67. The molecule has 2 N–H and O–H groups in total. The zero-order chi connectivity index (χ0) is 19.5. The van der Waals surface area contributed by atoms with Gasteiger partial charge in [0.25, 0.3) is 0 Å². The van der Waals surface area contributed by atoms with Crippen molar-refractivity contribution < 1.29 is 23.1 Å². The number of hydrogen-bond acceptors (Lipinski definition) is 4. The summed E-state index contributed by atoms with van der Waals surface area (Å²) in [6.07, 6.45) is 0.844. The van der Waals surface area contributed by atoms with E-state index in [9.17, 15) is 23.1 Å². The molecule has 0 saturated heterocycles. The lowest BCUT2D eigenvalue weighted by atomic mass is 10.0. The second kappa shape index (κ2) is 7.70. The first kappa shape index (κ1) is 19.7. The van der Waals surface area contributed by atoms with Gasteiger partial charge in [0.1, 0.15) is 0 Å². The monoisotopic (exact) mass is 375 g/mol. The summed E-state index contributed by atoms with van der Waals surface area (Å²) in [5, 5.41) is 12.0. The Kier molecular flexibility index (Phi) is 5.82. The smallest absolute Gasteiger partial charge is 0.330 e. The molecule has 0 aliphatic carbocycles. The lowest BCUT2D eigenvalue weighted by Crippen LogP contribution is -2.35. The van der Waals surface area contributed by atoms with Crippen molar-refractivity contribution in [2.75, 3.05) is 6.26 Å². The summed E-state index contributed by atoms with van der Waals surface area (Å²) in [7, 11) is -3.48. The molecule has 6 nitrogen and oxygen atoms in total. The van der Waals surface area contributed by atoms with Gasteiger partial charge in [0.05, 0.1) is 11.3 Å². The molecule has 0 fully saturated rings. The van der Waals surface area contributed by atoms with Crippen LogP contribution >= 0.6 is 0 Å². The molecule has 2 rings (SSSR count). The van der Waals surface area contributed by atoms with Gasteiger partial charge in [-0.05, 0) is 31.0 Å². The zero-order valence-corrected chi connectivity index (χ0v) is 15.6. The summed E-state index contributed by atoms with van der Waals surface area (Å²) in [5.74, 6) is -1.74. The molecule has 2 aromatic rings. The van der Waals surface area contributed by atoms with Gasteiger partial charge in [-0.2, -0.15) is 0 Å². The molecule has 2 aromatic carbocycles. The maximum Gasteiger partial charge on any atom is 0.330 e. The van der Waals surface area contributed by atoms with Crippen molar-refractivity contribution in [1.29, 1.82) is 0 Å². The van der Waals surface area contributed by atoms with Crippen LogP contribution in [0.4, 0.5) is 0 Å². The summed E-state index contributed by atoms with van der Waals surface area (Å²) in [4.78, 5) is 24.1. The SMILES string of the molecule is Cc1cc(C)cc(C(NC(=O)Cc2ccccc2S(C)(=O)=O)C(=O)O)c1. The Balaban J connectivity index is 2.26. The molecule has 1 unspecified atom stereocenters. The average Bonchev–Trinajstić information content (AvgIpc) is 2.50. The highest BCUT2D eigenvalue weighted by Crippen LogP contribution is 2.19. The van der Waals surface area contributed by atoms with E-state index < -0.39 is 27.8 Å². The summed E-state index contributed by atoms with van der Waals surface area (Å²) in [6, 6.07) is 10.3. The second-order valence-corrected chi connectivity index (χ2v) is 8.30. The van der Waals surface area contributed by atoms with E-state index in [2.05, 4.69) is 5.32 Å². The van der Waals surface area contributed by atoms with Crippen molar-refractivity contribution >= 4 is 21.7 Å². The van der Waals surface area contributed by atoms with Crippen LogP contribution in [-0.2, 0) is 25.8 Å². The first-order chi connectivity index (χ1) is 12.1. The fourth-order valence-electron chi connectivity index (χ4n) is 2.86. The molecule has 0 saturated carbocycles. The summed E-state index contributed by atoms with van der Waals surface area (Å²) in [5.41, 5.74) is 2.59. The third kappa shape index (κ3) is 4.92. The number of amides is 1. The summed E-state index contributed by atoms with van der Waals surface area (Å²) < 4.78 is 23.7. The van der Waals surface area contributed by atoms with E-state index in [1.54, 1.807) is 30.3 Å². The molecule has 0 bridgehead atoms. The molecule has 138 valence electrons. The Morgan fingerprint density at radius 1 is 1.08 bits per heavy atom. The molecule has 0 aliphatic rings. The van der Waals surface area contributed by atoms with Crippen LogP contribution in [0.25, 0.3) is 0 Å². The summed E-state index contributed by atoms with van der Waals surface area (Å²) >= 11 is 0. The lowest BCUT2D eigenvalue weighted by molar-refractivity contribution is -0.142. The number of carbonyl (C=O) groups is 2. The number of benzene rings is 2. The van der Waals surface area contributed by atoms with Crippen molar-refractivity contribution in [2.45, 2.75) is 31.2 Å². The van der Waals surface area contributed by atoms with Crippen LogP contribution in [0.1, 0.15) is 28.3 Å². The fraction of sp³-hybridized carbons (Fsp3) is 0.263. The van der Waals surface area contributed by atoms with Gasteiger partial charge in [-0.1, -0.05) is 47.5 Å². The van der Waals surface area contributed by atoms with E-state index >= 15 is 0 Å². The zero-order valence-electron chi connectivity index (χ0n) is 14.8.